The van der Waals surface area contributed by atoms with Gasteiger partial charge in [0.15, 0.2) is 0 Å². The maximum absolute atomic E-state index is 12.1. The quantitative estimate of drug-likeness (QED) is 0.171. The molecule has 0 saturated heterocycles. The van der Waals surface area contributed by atoms with Crippen LogP contribution in [0.25, 0.3) is 0 Å². The normalized spacial score (nSPS) is 20.6. The van der Waals surface area contributed by atoms with E-state index in [1.807, 2.05) is 38.1 Å². The lowest BCUT2D eigenvalue weighted by Crippen LogP contribution is -2.21. The number of hydrogen-bond donors (Lipinski definition) is 1. The second kappa shape index (κ2) is 12.8. The zero-order chi connectivity index (χ0) is 24.7. The van der Waals surface area contributed by atoms with E-state index < -0.39 is 10.4 Å². The molecule has 1 N–H and O–H groups in total. The largest absolute Gasteiger partial charge is 0.459 e. The van der Waals surface area contributed by atoms with Gasteiger partial charge >= 0.3 is 5.97 Å². The van der Waals surface area contributed by atoms with Crippen molar-refractivity contribution in [2.24, 2.45) is 5.92 Å². The Labute approximate surface area is 218 Å². The topological polar surface area (TPSA) is 46.5 Å². The summed E-state index contributed by atoms with van der Waals surface area (Å²) in [6, 6.07) is 12.2. The highest BCUT2D eigenvalue weighted by molar-refractivity contribution is 7.13. The van der Waals surface area contributed by atoms with Crippen molar-refractivity contribution in [3.05, 3.63) is 57.3 Å². The number of carbonyl (C=O) groups is 1. The van der Waals surface area contributed by atoms with Gasteiger partial charge in [0.05, 0.1) is 12.2 Å². The fourth-order valence-corrected chi connectivity index (χ4v) is 6.74. The van der Waals surface area contributed by atoms with Gasteiger partial charge in [-0.25, -0.2) is 4.79 Å². The number of esters is 1. The van der Waals surface area contributed by atoms with Gasteiger partial charge in [-0.1, -0.05) is 50.5 Å². The molecule has 2 unspecified atom stereocenters. The molecule has 0 spiro atoms. The summed E-state index contributed by atoms with van der Waals surface area (Å²) < 4.78 is 4.53. The molecule has 0 bridgehead atoms. The van der Waals surface area contributed by atoms with E-state index in [0.717, 1.165) is 68.9 Å². The smallest absolute Gasteiger partial charge is 0.348 e. The van der Waals surface area contributed by atoms with Crippen LogP contribution in [0.15, 0.2) is 36.4 Å². The molecule has 34 heavy (non-hydrogen) atoms. The van der Waals surface area contributed by atoms with Crippen LogP contribution in [0.2, 0.25) is 0 Å². The van der Waals surface area contributed by atoms with Crippen molar-refractivity contribution in [1.82, 2.24) is 0 Å². The maximum atomic E-state index is 12.1. The summed E-state index contributed by atoms with van der Waals surface area (Å²) in [7, 11) is 0. The number of thiophene rings is 1. The van der Waals surface area contributed by atoms with E-state index in [2.05, 4.69) is 19.1 Å². The van der Waals surface area contributed by atoms with Crippen molar-refractivity contribution in [3.63, 3.8) is 0 Å². The number of benzene rings is 1. The van der Waals surface area contributed by atoms with Crippen LogP contribution in [-0.4, -0.2) is 21.5 Å². The Morgan fingerprint density at radius 2 is 1.88 bits per heavy atom. The van der Waals surface area contributed by atoms with E-state index in [0.29, 0.717) is 10.8 Å². The zero-order valence-electron chi connectivity index (χ0n) is 20.6. The summed E-state index contributed by atoms with van der Waals surface area (Å²) in [6.45, 7) is 5.90. The molecule has 1 saturated carbocycles. The number of hydrogen-bond acceptors (Lipinski definition) is 4. The van der Waals surface area contributed by atoms with E-state index >= 15 is 0 Å². The van der Waals surface area contributed by atoms with Crippen LogP contribution < -0.4 is 0 Å². The van der Waals surface area contributed by atoms with Crippen molar-refractivity contribution in [3.8, 4) is 0 Å². The molecule has 0 radical (unpaired) electrons. The van der Waals surface area contributed by atoms with Crippen molar-refractivity contribution >= 4 is 40.5 Å². The van der Waals surface area contributed by atoms with Gasteiger partial charge in [0.2, 0.25) is 0 Å². The number of unbranched alkanes of at least 4 members (excludes halogenated alkanes) is 2. The number of aryl methyl sites for hydroxylation is 1. The lowest BCUT2D eigenvalue weighted by molar-refractivity contribution is 0.0384. The van der Waals surface area contributed by atoms with Gasteiger partial charge in [-0.2, -0.15) is 0 Å². The average Bonchev–Trinajstić information content (AvgIpc) is 3.38. The minimum Gasteiger partial charge on any atom is -0.459 e. The van der Waals surface area contributed by atoms with Gasteiger partial charge in [-0.05, 0) is 81.5 Å². The molecule has 0 amide bonds. The Kier molecular flexibility index (Phi) is 10.3. The van der Waals surface area contributed by atoms with Gasteiger partial charge in [-0.15, -0.1) is 34.5 Å². The fourth-order valence-electron chi connectivity index (χ4n) is 4.98. The van der Waals surface area contributed by atoms with Crippen LogP contribution in [0.5, 0.6) is 0 Å². The predicted octanol–water partition coefficient (Wildman–Crippen LogP) is 8.62. The Balaban J connectivity index is 1.58. The van der Waals surface area contributed by atoms with Gasteiger partial charge in [-0.3, -0.25) is 0 Å². The first kappa shape index (κ1) is 27.5. The summed E-state index contributed by atoms with van der Waals surface area (Å²) in [6.07, 6.45) is 8.42. The highest BCUT2D eigenvalue weighted by Crippen LogP contribution is 2.55. The molecule has 1 aliphatic rings. The molecule has 3 rings (SSSR count). The van der Waals surface area contributed by atoms with Crippen LogP contribution >= 0.6 is 34.5 Å². The minimum absolute atomic E-state index is 0.0852. The molecule has 0 aliphatic heterocycles. The lowest BCUT2D eigenvalue weighted by atomic mass is 9.84. The summed E-state index contributed by atoms with van der Waals surface area (Å²) in [4.78, 5) is 14.0. The highest BCUT2D eigenvalue weighted by atomic mass is 35.5. The van der Waals surface area contributed by atoms with Gasteiger partial charge < -0.3 is 9.84 Å². The second-order valence-electron chi connectivity index (χ2n) is 9.83. The second-order valence-corrected chi connectivity index (χ2v) is 12.5. The molecule has 188 valence electrons. The van der Waals surface area contributed by atoms with E-state index in [9.17, 15) is 9.90 Å². The SMILES string of the molecule is CCCCCC(O)c1ccc(C2[C@@H](CCCc3ccc(C(=O)OC(C)C)s3)CCC2(Cl)Cl)cc1. The number of aliphatic hydroxyl groups excluding tert-OH is 1. The Hall–Kier alpha value is -1.07. The van der Waals surface area contributed by atoms with E-state index in [4.69, 9.17) is 27.9 Å². The predicted molar refractivity (Wildman–Crippen MR) is 143 cm³/mol. The van der Waals surface area contributed by atoms with Gasteiger partial charge in [0, 0.05) is 10.8 Å². The third-order valence-electron chi connectivity index (χ3n) is 6.74. The molecule has 1 aliphatic carbocycles. The summed E-state index contributed by atoms with van der Waals surface area (Å²) >= 11 is 15.1. The summed E-state index contributed by atoms with van der Waals surface area (Å²) in [5.74, 6) is 0.262. The first-order chi connectivity index (χ1) is 16.2. The lowest BCUT2D eigenvalue weighted by Gasteiger charge is -2.28. The molecular formula is C28H38Cl2O3S. The molecular weight excluding hydrogens is 487 g/mol. The molecule has 2 aromatic rings. The molecule has 3 nitrogen and oxygen atoms in total. The first-order valence-corrected chi connectivity index (χ1v) is 14.2. The van der Waals surface area contributed by atoms with Gasteiger partial charge in [0.1, 0.15) is 9.21 Å². The van der Waals surface area contributed by atoms with Crippen LogP contribution in [0.4, 0.5) is 0 Å². The Morgan fingerprint density at radius 3 is 2.56 bits per heavy atom. The van der Waals surface area contributed by atoms with Gasteiger partial charge in [0.25, 0.3) is 0 Å². The van der Waals surface area contributed by atoms with Crippen LogP contribution in [0.1, 0.15) is 110 Å². The standard InChI is InChI=1S/C28H38Cl2O3S/c1-4-5-6-10-24(31)20-11-13-22(14-12-20)26-21(17-18-28(26,29)30)8-7-9-23-15-16-25(34-23)27(32)33-19(2)3/h11-16,19,21,24,26,31H,4-10,17-18H2,1-3H3/t21-,24?,26?/m0/s1. The van der Waals surface area contributed by atoms with Crippen molar-refractivity contribution in [2.45, 2.75) is 101 Å². The first-order valence-electron chi connectivity index (χ1n) is 12.7. The number of halogens is 2. The monoisotopic (exact) mass is 524 g/mol. The molecule has 3 atom stereocenters. The fraction of sp³-hybridized carbons (Fsp3) is 0.607. The number of alkyl halides is 2. The van der Waals surface area contributed by atoms with Crippen molar-refractivity contribution in [2.75, 3.05) is 0 Å². The van der Waals surface area contributed by atoms with Crippen LogP contribution in [0.3, 0.4) is 0 Å². The van der Waals surface area contributed by atoms with Crippen LogP contribution in [0, 0.1) is 5.92 Å². The summed E-state index contributed by atoms with van der Waals surface area (Å²) in [5.41, 5.74) is 2.13. The molecule has 1 aromatic carbocycles. The Bertz CT molecular complexity index is 907. The zero-order valence-corrected chi connectivity index (χ0v) is 22.9. The molecule has 1 fully saturated rings. The van der Waals surface area contributed by atoms with Crippen molar-refractivity contribution in [1.29, 1.82) is 0 Å². The maximum Gasteiger partial charge on any atom is 0.348 e. The molecule has 1 heterocycles. The molecule has 6 heteroatoms. The summed E-state index contributed by atoms with van der Waals surface area (Å²) in [5, 5.41) is 10.5. The van der Waals surface area contributed by atoms with E-state index in [1.165, 1.54) is 16.2 Å². The number of rotatable bonds is 12. The number of carbonyl (C=O) groups excluding carboxylic acids is 1. The number of aliphatic hydroxyl groups is 1. The van der Waals surface area contributed by atoms with E-state index in [-0.39, 0.29) is 18.0 Å². The third-order valence-corrected chi connectivity index (χ3v) is 8.71. The van der Waals surface area contributed by atoms with Crippen molar-refractivity contribution < 1.29 is 14.6 Å². The Morgan fingerprint density at radius 1 is 1.15 bits per heavy atom. The average molecular weight is 526 g/mol. The number of ether oxygens (including phenoxy) is 1. The minimum atomic E-state index is -0.761. The van der Waals surface area contributed by atoms with Crippen LogP contribution in [-0.2, 0) is 11.2 Å². The highest BCUT2D eigenvalue weighted by Gasteiger charge is 2.46. The van der Waals surface area contributed by atoms with E-state index in [1.54, 1.807) is 0 Å². The third kappa shape index (κ3) is 7.46. The molecule has 1 aromatic heterocycles.